The number of aromatic nitrogens is 1. The highest BCUT2D eigenvalue weighted by molar-refractivity contribution is 7.89. The molecule has 0 radical (unpaired) electrons. The summed E-state index contributed by atoms with van der Waals surface area (Å²) in [5, 5.41) is 9.32. The summed E-state index contributed by atoms with van der Waals surface area (Å²) in [4.78, 5) is 16.8. The molecule has 9 heteroatoms. The van der Waals surface area contributed by atoms with E-state index >= 15 is 0 Å². The first-order valence-electron chi connectivity index (χ1n) is 9.10. The van der Waals surface area contributed by atoms with Crippen LogP contribution in [0.2, 0.25) is 0 Å². The van der Waals surface area contributed by atoms with Crippen LogP contribution in [0.1, 0.15) is 18.4 Å². The molecule has 29 heavy (non-hydrogen) atoms. The van der Waals surface area contributed by atoms with E-state index in [2.05, 4.69) is 20.3 Å². The number of amides is 2. The van der Waals surface area contributed by atoms with Gasteiger partial charge in [0.15, 0.2) is 0 Å². The number of pyridine rings is 1. The number of hydrogen-bond donors (Lipinski definition) is 3. The van der Waals surface area contributed by atoms with Crippen molar-refractivity contribution in [3.8, 4) is 11.1 Å². The second-order valence-corrected chi connectivity index (χ2v) is 9.41. The van der Waals surface area contributed by atoms with E-state index in [0.29, 0.717) is 11.5 Å². The Kier molecular flexibility index (Phi) is 5.35. The quantitative estimate of drug-likeness (QED) is 0.548. The predicted molar refractivity (Wildman–Crippen MR) is 115 cm³/mol. The zero-order valence-electron chi connectivity index (χ0n) is 15.7. The third-order valence-electron chi connectivity index (χ3n) is 4.44. The number of thiophene rings is 1. The van der Waals surface area contributed by atoms with E-state index in [1.807, 2.05) is 29.8 Å². The second-order valence-electron chi connectivity index (χ2n) is 6.91. The number of sulfonamides is 1. The summed E-state index contributed by atoms with van der Waals surface area (Å²) < 4.78 is 27.9. The minimum absolute atomic E-state index is 0.00338. The maximum Gasteiger partial charge on any atom is 0.324 e. The molecule has 1 aliphatic rings. The molecule has 0 aliphatic heterocycles. The van der Waals surface area contributed by atoms with Gasteiger partial charge < -0.3 is 5.32 Å². The van der Waals surface area contributed by atoms with Gasteiger partial charge in [-0.05, 0) is 72.0 Å². The molecular formula is C20H20N4O3S2. The summed E-state index contributed by atoms with van der Waals surface area (Å²) in [6, 6.07) is 9.77. The standard InChI is InChI=1S/C20H20N4O3S2/c1-13-6-8-21-19(10-13)23-20(25)22-18-11-16(29(26,27)24-15-2-3-15)4-5-17(18)14-7-9-28-12-14/h4-12,15,24H,2-3H2,1H3,(H2,21,22,23,25). The summed E-state index contributed by atoms with van der Waals surface area (Å²) in [5.74, 6) is 0.416. The number of nitrogens with zero attached hydrogens (tertiary/aromatic N) is 1. The van der Waals surface area contributed by atoms with Gasteiger partial charge in [-0.3, -0.25) is 5.32 Å². The highest BCUT2D eigenvalue weighted by atomic mass is 32.2. The minimum atomic E-state index is -3.64. The van der Waals surface area contributed by atoms with Gasteiger partial charge in [0.2, 0.25) is 10.0 Å². The Morgan fingerprint density at radius 1 is 1.14 bits per heavy atom. The van der Waals surface area contributed by atoms with Crippen LogP contribution in [-0.2, 0) is 10.0 Å². The van der Waals surface area contributed by atoms with Crippen LogP contribution < -0.4 is 15.4 Å². The van der Waals surface area contributed by atoms with Gasteiger partial charge >= 0.3 is 6.03 Å². The Bertz CT molecular complexity index is 1140. The summed E-state index contributed by atoms with van der Waals surface area (Å²) in [6.07, 6.45) is 3.31. The van der Waals surface area contributed by atoms with Gasteiger partial charge in [-0.2, -0.15) is 11.3 Å². The van der Waals surface area contributed by atoms with Gasteiger partial charge in [0.1, 0.15) is 5.82 Å². The third kappa shape index (κ3) is 4.81. The van der Waals surface area contributed by atoms with Gasteiger partial charge in [0.05, 0.1) is 10.6 Å². The van der Waals surface area contributed by atoms with Crippen molar-refractivity contribution >= 4 is 38.9 Å². The largest absolute Gasteiger partial charge is 0.324 e. The highest BCUT2D eigenvalue weighted by Crippen LogP contribution is 2.32. The summed E-state index contributed by atoms with van der Waals surface area (Å²) in [6.45, 7) is 1.90. The van der Waals surface area contributed by atoms with Crippen molar-refractivity contribution in [2.24, 2.45) is 0 Å². The summed E-state index contributed by atoms with van der Waals surface area (Å²) >= 11 is 1.52. The lowest BCUT2D eigenvalue weighted by atomic mass is 10.1. The van der Waals surface area contributed by atoms with Gasteiger partial charge in [-0.1, -0.05) is 6.07 Å². The van der Waals surface area contributed by atoms with E-state index in [9.17, 15) is 13.2 Å². The fourth-order valence-corrected chi connectivity index (χ4v) is 4.81. The van der Waals surface area contributed by atoms with E-state index in [0.717, 1.165) is 29.5 Å². The number of aryl methyl sites for hydroxylation is 1. The molecule has 2 amide bonds. The first-order chi connectivity index (χ1) is 13.9. The third-order valence-corrected chi connectivity index (χ3v) is 6.64. The number of carbonyl (C=O) groups is 1. The van der Waals surface area contributed by atoms with Crippen molar-refractivity contribution in [2.75, 3.05) is 10.6 Å². The van der Waals surface area contributed by atoms with Crippen molar-refractivity contribution in [3.63, 3.8) is 0 Å². The maximum absolute atomic E-state index is 12.6. The molecule has 1 saturated carbocycles. The van der Waals surface area contributed by atoms with Crippen LogP contribution in [0.25, 0.3) is 11.1 Å². The zero-order valence-corrected chi connectivity index (χ0v) is 17.3. The molecular weight excluding hydrogens is 408 g/mol. The van der Waals surface area contributed by atoms with E-state index < -0.39 is 16.1 Å². The molecule has 0 unspecified atom stereocenters. The van der Waals surface area contributed by atoms with E-state index in [1.54, 1.807) is 24.4 Å². The van der Waals surface area contributed by atoms with Gasteiger partial charge in [-0.15, -0.1) is 0 Å². The normalized spacial score (nSPS) is 13.8. The molecule has 1 fully saturated rings. The van der Waals surface area contributed by atoms with Gasteiger partial charge in [0, 0.05) is 17.8 Å². The predicted octanol–water partition coefficient (Wildman–Crippen LogP) is 4.20. The molecule has 1 aliphatic carbocycles. The zero-order chi connectivity index (χ0) is 20.4. The number of hydrogen-bond acceptors (Lipinski definition) is 5. The number of anilines is 2. The Morgan fingerprint density at radius 3 is 2.66 bits per heavy atom. The number of nitrogens with one attached hydrogen (secondary N) is 3. The molecule has 0 bridgehead atoms. The van der Waals surface area contributed by atoms with Crippen LogP contribution >= 0.6 is 11.3 Å². The van der Waals surface area contributed by atoms with Crippen LogP contribution in [-0.4, -0.2) is 25.5 Å². The first kappa shape index (κ1) is 19.6. The maximum atomic E-state index is 12.6. The molecule has 1 aromatic carbocycles. The molecule has 2 aromatic heterocycles. The van der Waals surface area contributed by atoms with Crippen molar-refractivity contribution in [2.45, 2.75) is 30.7 Å². The molecule has 150 valence electrons. The number of carbonyl (C=O) groups excluding carboxylic acids is 1. The number of benzene rings is 1. The molecule has 3 N–H and O–H groups in total. The Morgan fingerprint density at radius 2 is 1.97 bits per heavy atom. The molecule has 3 aromatic rings. The Labute approximate surface area is 173 Å². The highest BCUT2D eigenvalue weighted by Gasteiger charge is 2.28. The van der Waals surface area contributed by atoms with Gasteiger partial charge in [0.25, 0.3) is 0 Å². The van der Waals surface area contributed by atoms with Crippen LogP contribution in [0.5, 0.6) is 0 Å². The van der Waals surface area contributed by atoms with E-state index in [1.165, 1.54) is 17.4 Å². The Balaban J connectivity index is 1.63. The minimum Gasteiger partial charge on any atom is -0.307 e. The number of urea groups is 1. The molecule has 0 spiro atoms. The van der Waals surface area contributed by atoms with Crippen LogP contribution in [0.3, 0.4) is 0 Å². The van der Waals surface area contributed by atoms with Crippen molar-refractivity contribution in [1.29, 1.82) is 0 Å². The van der Waals surface area contributed by atoms with Gasteiger partial charge in [-0.25, -0.2) is 22.9 Å². The molecule has 0 saturated heterocycles. The van der Waals surface area contributed by atoms with E-state index in [-0.39, 0.29) is 10.9 Å². The summed E-state index contributed by atoms with van der Waals surface area (Å²) in [5.41, 5.74) is 3.02. The number of rotatable bonds is 6. The smallest absolute Gasteiger partial charge is 0.307 e. The van der Waals surface area contributed by atoms with Crippen LogP contribution in [0.4, 0.5) is 16.3 Å². The molecule has 7 nitrogen and oxygen atoms in total. The lowest BCUT2D eigenvalue weighted by molar-refractivity contribution is 0.262. The van der Waals surface area contributed by atoms with E-state index in [4.69, 9.17) is 0 Å². The molecule has 0 atom stereocenters. The van der Waals surface area contributed by atoms with Crippen molar-refractivity contribution < 1.29 is 13.2 Å². The van der Waals surface area contributed by atoms with Crippen LogP contribution in [0.15, 0.2) is 58.3 Å². The Hall–Kier alpha value is -2.75. The lowest BCUT2D eigenvalue weighted by Gasteiger charge is -2.14. The fraction of sp³-hybridized carbons (Fsp3) is 0.200. The lowest BCUT2D eigenvalue weighted by Crippen LogP contribution is -2.26. The first-order valence-corrected chi connectivity index (χ1v) is 11.5. The molecule has 4 rings (SSSR count). The monoisotopic (exact) mass is 428 g/mol. The summed E-state index contributed by atoms with van der Waals surface area (Å²) in [7, 11) is -3.64. The average molecular weight is 429 g/mol. The van der Waals surface area contributed by atoms with Crippen molar-refractivity contribution in [3.05, 3.63) is 58.9 Å². The van der Waals surface area contributed by atoms with Crippen molar-refractivity contribution in [1.82, 2.24) is 9.71 Å². The molecule has 2 heterocycles. The average Bonchev–Trinajstić information content (AvgIpc) is 3.29. The second kappa shape index (κ2) is 7.94. The van der Waals surface area contributed by atoms with Crippen LogP contribution in [0, 0.1) is 6.92 Å². The topological polar surface area (TPSA) is 100 Å². The SMILES string of the molecule is Cc1ccnc(NC(=O)Nc2cc(S(=O)(=O)NC3CC3)ccc2-c2ccsc2)c1. The fourth-order valence-electron chi connectivity index (χ4n) is 2.83.